The number of rotatable bonds is 6. The molecular formula is C17H34N2. The molecule has 2 aliphatic rings. The molecule has 2 heteroatoms. The summed E-state index contributed by atoms with van der Waals surface area (Å²) in [5.41, 5.74) is 0.521. The smallest absolute Gasteiger partial charge is 0.0257 e. The second kappa shape index (κ2) is 6.13. The van der Waals surface area contributed by atoms with Crippen LogP contribution >= 0.6 is 0 Å². The Morgan fingerprint density at radius 3 is 2.42 bits per heavy atom. The number of nitrogens with zero attached hydrogens (tertiary/aromatic N) is 1. The zero-order valence-electron chi connectivity index (χ0n) is 13.7. The fourth-order valence-electron chi connectivity index (χ4n) is 3.73. The first-order valence-corrected chi connectivity index (χ1v) is 8.42. The summed E-state index contributed by atoms with van der Waals surface area (Å²) in [4.78, 5) is 2.81. The third-order valence-electron chi connectivity index (χ3n) is 5.08. The average Bonchev–Trinajstić information content (AvgIpc) is 3.12. The largest absolute Gasteiger partial charge is 0.313 e. The lowest BCUT2D eigenvalue weighted by Gasteiger charge is -2.48. The molecule has 1 N–H and O–H groups in total. The summed E-state index contributed by atoms with van der Waals surface area (Å²) in [6, 6.07) is 2.13. The van der Waals surface area contributed by atoms with Crippen molar-refractivity contribution in [2.24, 2.45) is 11.3 Å². The summed E-state index contributed by atoms with van der Waals surface area (Å²) < 4.78 is 0. The van der Waals surface area contributed by atoms with Crippen LogP contribution in [-0.2, 0) is 0 Å². The highest BCUT2D eigenvalue weighted by atomic mass is 15.2. The first kappa shape index (κ1) is 15.3. The van der Waals surface area contributed by atoms with Crippen molar-refractivity contribution in [3.63, 3.8) is 0 Å². The van der Waals surface area contributed by atoms with E-state index in [1.807, 2.05) is 0 Å². The average molecular weight is 266 g/mol. The van der Waals surface area contributed by atoms with Crippen LogP contribution < -0.4 is 5.32 Å². The van der Waals surface area contributed by atoms with Crippen LogP contribution in [0.5, 0.6) is 0 Å². The van der Waals surface area contributed by atoms with Gasteiger partial charge in [-0.15, -0.1) is 0 Å². The van der Waals surface area contributed by atoms with Crippen LogP contribution in [0, 0.1) is 11.3 Å². The van der Waals surface area contributed by atoms with Crippen molar-refractivity contribution >= 4 is 0 Å². The number of hydrogen-bond donors (Lipinski definition) is 1. The van der Waals surface area contributed by atoms with Gasteiger partial charge < -0.3 is 5.32 Å². The van der Waals surface area contributed by atoms with Gasteiger partial charge in [-0.1, -0.05) is 20.8 Å². The van der Waals surface area contributed by atoms with E-state index >= 15 is 0 Å². The number of hydrogen-bond acceptors (Lipinski definition) is 2. The molecule has 2 fully saturated rings. The normalized spacial score (nSPS) is 31.1. The third-order valence-corrected chi connectivity index (χ3v) is 5.08. The first-order valence-electron chi connectivity index (χ1n) is 8.42. The summed E-state index contributed by atoms with van der Waals surface area (Å²) in [5, 5.41) is 3.76. The Hall–Kier alpha value is -0.0800. The zero-order chi connectivity index (χ0) is 14.0. The second-order valence-corrected chi connectivity index (χ2v) is 7.87. The minimum absolute atomic E-state index is 0.521. The van der Waals surface area contributed by atoms with Crippen LogP contribution in [0.4, 0.5) is 0 Å². The highest BCUT2D eigenvalue weighted by Crippen LogP contribution is 2.40. The lowest BCUT2D eigenvalue weighted by molar-refractivity contribution is 0.0420. The molecule has 2 rings (SSSR count). The van der Waals surface area contributed by atoms with Crippen molar-refractivity contribution in [3.05, 3.63) is 0 Å². The van der Waals surface area contributed by atoms with E-state index in [-0.39, 0.29) is 0 Å². The lowest BCUT2D eigenvalue weighted by atomic mass is 9.72. The molecule has 112 valence electrons. The molecule has 0 bridgehead atoms. The monoisotopic (exact) mass is 266 g/mol. The molecule has 2 unspecified atom stereocenters. The van der Waals surface area contributed by atoms with Crippen LogP contribution in [0.2, 0.25) is 0 Å². The maximum Gasteiger partial charge on any atom is 0.0257 e. The summed E-state index contributed by atoms with van der Waals surface area (Å²) in [6.07, 6.45) is 7.00. The zero-order valence-corrected chi connectivity index (χ0v) is 13.7. The Morgan fingerprint density at radius 1 is 1.21 bits per heavy atom. The van der Waals surface area contributed by atoms with Gasteiger partial charge in [0.05, 0.1) is 0 Å². The van der Waals surface area contributed by atoms with Gasteiger partial charge in [0.2, 0.25) is 0 Å². The highest BCUT2D eigenvalue weighted by molar-refractivity contribution is 4.96. The van der Waals surface area contributed by atoms with Crippen LogP contribution in [0.15, 0.2) is 0 Å². The van der Waals surface area contributed by atoms with Gasteiger partial charge in [-0.2, -0.15) is 0 Å². The maximum atomic E-state index is 3.76. The molecule has 2 nitrogen and oxygen atoms in total. The molecule has 0 amide bonds. The van der Waals surface area contributed by atoms with E-state index in [1.165, 1.54) is 38.6 Å². The van der Waals surface area contributed by atoms with Crippen LogP contribution in [0.3, 0.4) is 0 Å². The second-order valence-electron chi connectivity index (χ2n) is 7.87. The van der Waals surface area contributed by atoms with E-state index in [9.17, 15) is 0 Å². The first-order chi connectivity index (χ1) is 8.93. The van der Waals surface area contributed by atoms with E-state index in [4.69, 9.17) is 0 Å². The van der Waals surface area contributed by atoms with Crippen molar-refractivity contribution < 1.29 is 0 Å². The highest BCUT2D eigenvalue weighted by Gasteiger charge is 2.40. The molecule has 0 aromatic carbocycles. The minimum atomic E-state index is 0.521. The summed E-state index contributed by atoms with van der Waals surface area (Å²) in [5.74, 6) is 0.995. The van der Waals surface area contributed by atoms with Gasteiger partial charge in [0.15, 0.2) is 0 Å². The Balaban J connectivity index is 2.08. The molecule has 0 radical (unpaired) electrons. The third kappa shape index (κ3) is 4.19. The minimum Gasteiger partial charge on any atom is -0.313 e. The van der Waals surface area contributed by atoms with E-state index in [1.54, 1.807) is 0 Å². The molecule has 2 saturated carbocycles. The topological polar surface area (TPSA) is 15.3 Å². The predicted molar refractivity (Wildman–Crippen MR) is 83.5 cm³/mol. The lowest BCUT2D eigenvalue weighted by Crippen LogP contribution is -2.57. The molecule has 2 atom stereocenters. The van der Waals surface area contributed by atoms with E-state index in [0.717, 1.165) is 18.5 Å². The summed E-state index contributed by atoms with van der Waals surface area (Å²) in [6.45, 7) is 14.4. The van der Waals surface area contributed by atoms with E-state index in [0.29, 0.717) is 17.5 Å². The van der Waals surface area contributed by atoms with Crippen molar-refractivity contribution in [1.82, 2.24) is 10.2 Å². The Bertz CT molecular complexity index is 281. The summed E-state index contributed by atoms with van der Waals surface area (Å²) in [7, 11) is 0. The van der Waals surface area contributed by atoms with Crippen molar-refractivity contribution in [1.29, 1.82) is 0 Å². The van der Waals surface area contributed by atoms with Crippen molar-refractivity contribution in [3.8, 4) is 0 Å². The van der Waals surface area contributed by atoms with E-state index < -0.39 is 0 Å². The predicted octanol–water partition coefficient (Wildman–Crippen LogP) is 3.66. The molecule has 0 aliphatic heterocycles. The molecule has 0 aromatic rings. The molecule has 0 heterocycles. The quantitative estimate of drug-likeness (QED) is 0.789. The van der Waals surface area contributed by atoms with Crippen LogP contribution in [0.1, 0.15) is 66.7 Å². The fourth-order valence-corrected chi connectivity index (χ4v) is 3.73. The molecule has 2 aliphatic carbocycles. The molecule has 0 saturated heterocycles. The SMILES string of the molecule is CCNC1CCC(C)(C)CC1N(CC1CC1)C(C)C. The van der Waals surface area contributed by atoms with Crippen LogP contribution in [-0.4, -0.2) is 36.1 Å². The number of likely N-dealkylation sites (N-methyl/N-ethyl adjacent to an activating group) is 1. The molecule has 0 aromatic heterocycles. The standard InChI is InChI=1S/C17H34N2/c1-6-18-15-9-10-17(4,5)11-16(15)19(13(2)3)12-14-7-8-14/h13-16,18H,6-12H2,1-5H3. The van der Waals surface area contributed by atoms with Crippen molar-refractivity contribution in [2.75, 3.05) is 13.1 Å². The van der Waals surface area contributed by atoms with Gasteiger partial charge >= 0.3 is 0 Å². The van der Waals surface area contributed by atoms with Gasteiger partial charge in [0.25, 0.3) is 0 Å². The van der Waals surface area contributed by atoms with E-state index in [2.05, 4.69) is 44.8 Å². The fraction of sp³-hybridized carbons (Fsp3) is 1.00. The van der Waals surface area contributed by atoms with Gasteiger partial charge in [-0.25, -0.2) is 0 Å². The number of nitrogens with one attached hydrogen (secondary N) is 1. The summed E-state index contributed by atoms with van der Waals surface area (Å²) >= 11 is 0. The Morgan fingerprint density at radius 2 is 1.89 bits per heavy atom. The van der Waals surface area contributed by atoms with Gasteiger partial charge in [0.1, 0.15) is 0 Å². The molecule has 19 heavy (non-hydrogen) atoms. The maximum absolute atomic E-state index is 3.76. The molecular weight excluding hydrogens is 232 g/mol. The Kier molecular flexibility index (Phi) is 4.94. The van der Waals surface area contributed by atoms with Gasteiger partial charge in [0, 0.05) is 24.7 Å². The van der Waals surface area contributed by atoms with Crippen LogP contribution in [0.25, 0.3) is 0 Å². The van der Waals surface area contributed by atoms with Gasteiger partial charge in [-0.05, 0) is 63.8 Å². The van der Waals surface area contributed by atoms with Gasteiger partial charge in [-0.3, -0.25) is 4.90 Å². The Labute approximate surface area is 120 Å². The molecule has 0 spiro atoms. The van der Waals surface area contributed by atoms with Crippen molar-refractivity contribution in [2.45, 2.75) is 84.8 Å².